The van der Waals surface area contributed by atoms with Crippen LogP contribution in [0.4, 0.5) is 10.4 Å². The van der Waals surface area contributed by atoms with E-state index in [0.29, 0.717) is 0 Å². The van der Waals surface area contributed by atoms with Gasteiger partial charge in [0.2, 0.25) is 0 Å². The van der Waals surface area contributed by atoms with Crippen molar-refractivity contribution in [2.45, 2.75) is 0 Å². The molecule has 6 heteroatoms. The standard InChI is InChI=1S/C3H2FN3O2/c4-6-2-1-5-3(6)7(8)9/h1-2H. The number of imidazole rings is 1. The fourth-order valence-corrected chi connectivity index (χ4v) is 0.405. The molecular weight excluding hydrogens is 129 g/mol. The Hall–Kier alpha value is -1.46. The highest BCUT2D eigenvalue weighted by molar-refractivity contribution is 5.03. The highest BCUT2D eigenvalue weighted by Gasteiger charge is 2.12. The van der Waals surface area contributed by atoms with E-state index in [0.717, 1.165) is 12.4 Å². The average Bonchev–Trinajstić information content (AvgIpc) is 2.13. The van der Waals surface area contributed by atoms with Gasteiger partial charge in [0.15, 0.2) is 0 Å². The Labute approximate surface area is 48.8 Å². The highest BCUT2D eigenvalue weighted by atomic mass is 19.2. The Balaban J connectivity index is 3.08. The lowest BCUT2D eigenvalue weighted by Gasteiger charge is -1.86. The number of halogens is 1. The molecule has 0 spiro atoms. The normalized spacial score (nSPS) is 9.44. The van der Waals surface area contributed by atoms with Gasteiger partial charge in [-0.1, -0.05) is 4.98 Å². The summed E-state index contributed by atoms with van der Waals surface area (Å²) in [6, 6.07) is 0. The molecule has 1 aromatic heterocycles. The maximum Gasteiger partial charge on any atom is 0.467 e. The first kappa shape index (κ1) is 5.67. The molecule has 48 valence electrons. The second-order valence-electron chi connectivity index (χ2n) is 1.30. The van der Waals surface area contributed by atoms with Crippen LogP contribution in [-0.4, -0.2) is 14.7 Å². The number of hydrogen-bond donors (Lipinski definition) is 0. The van der Waals surface area contributed by atoms with Gasteiger partial charge in [-0.25, -0.2) is 0 Å². The second kappa shape index (κ2) is 1.81. The lowest BCUT2D eigenvalue weighted by Crippen LogP contribution is -1.93. The summed E-state index contributed by atoms with van der Waals surface area (Å²) in [5.41, 5.74) is 0. The summed E-state index contributed by atoms with van der Waals surface area (Å²) in [6.07, 6.45) is 1.87. The summed E-state index contributed by atoms with van der Waals surface area (Å²) in [6.45, 7) is 0. The molecule has 1 rings (SSSR count). The van der Waals surface area contributed by atoms with Crippen molar-refractivity contribution >= 4 is 5.95 Å². The van der Waals surface area contributed by atoms with Gasteiger partial charge in [-0.3, -0.25) is 0 Å². The van der Waals surface area contributed by atoms with Crippen LogP contribution in [-0.2, 0) is 0 Å². The van der Waals surface area contributed by atoms with Gasteiger partial charge < -0.3 is 10.1 Å². The first-order valence-corrected chi connectivity index (χ1v) is 2.05. The number of aromatic nitrogens is 2. The summed E-state index contributed by atoms with van der Waals surface area (Å²) >= 11 is 0. The summed E-state index contributed by atoms with van der Waals surface area (Å²) < 4.78 is 12.0. The lowest BCUT2D eigenvalue weighted by molar-refractivity contribution is -0.399. The van der Waals surface area contributed by atoms with Gasteiger partial charge in [0, 0.05) is 0 Å². The van der Waals surface area contributed by atoms with E-state index in [4.69, 9.17) is 0 Å². The van der Waals surface area contributed by atoms with Crippen molar-refractivity contribution in [3.05, 3.63) is 22.5 Å². The van der Waals surface area contributed by atoms with E-state index in [2.05, 4.69) is 4.98 Å². The molecule has 1 aromatic rings. The predicted octanol–water partition coefficient (Wildman–Crippen LogP) is 0.524. The van der Waals surface area contributed by atoms with E-state index in [1.807, 2.05) is 0 Å². The molecule has 0 saturated carbocycles. The molecule has 0 radical (unpaired) electrons. The first-order chi connectivity index (χ1) is 4.22. The van der Waals surface area contributed by atoms with Gasteiger partial charge in [0.1, 0.15) is 12.4 Å². The van der Waals surface area contributed by atoms with Crippen molar-refractivity contribution in [3.8, 4) is 0 Å². The molecule has 0 aromatic carbocycles. The van der Waals surface area contributed by atoms with Crippen LogP contribution in [0.25, 0.3) is 0 Å². The molecule has 1 heterocycles. The van der Waals surface area contributed by atoms with Gasteiger partial charge in [-0.2, -0.15) is 0 Å². The molecule has 0 aliphatic carbocycles. The fraction of sp³-hybridized carbons (Fsp3) is 0. The average molecular weight is 131 g/mol. The van der Waals surface area contributed by atoms with E-state index < -0.39 is 10.9 Å². The van der Waals surface area contributed by atoms with Crippen molar-refractivity contribution in [2.24, 2.45) is 0 Å². The summed E-state index contributed by atoms with van der Waals surface area (Å²) in [5.74, 6) is -0.796. The van der Waals surface area contributed by atoms with Gasteiger partial charge in [-0.15, -0.1) is 0 Å². The third-order valence-corrected chi connectivity index (χ3v) is 0.742. The lowest BCUT2D eigenvalue weighted by atomic mass is 11.0. The molecule has 0 unspecified atom stereocenters. The van der Waals surface area contributed by atoms with Crippen LogP contribution >= 0.6 is 0 Å². The molecule has 0 amide bonds. The minimum absolute atomic E-state index is 0.153. The van der Waals surface area contributed by atoms with E-state index in [1.54, 1.807) is 0 Å². The molecule has 0 fully saturated rings. The Bertz CT molecular complexity index is 233. The zero-order chi connectivity index (χ0) is 6.85. The summed E-state index contributed by atoms with van der Waals surface area (Å²) in [4.78, 5) is 11.8. The third-order valence-electron chi connectivity index (χ3n) is 0.742. The van der Waals surface area contributed by atoms with Crippen LogP contribution in [0.15, 0.2) is 12.4 Å². The van der Waals surface area contributed by atoms with Gasteiger partial charge >= 0.3 is 5.95 Å². The molecule has 0 aliphatic rings. The molecule has 0 N–H and O–H groups in total. The third kappa shape index (κ3) is 0.857. The van der Waals surface area contributed by atoms with E-state index in [9.17, 15) is 14.6 Å². The topological polar surface area (TPSA) is 61.0 Å². The minimum Gasteiger partial charge on any atom is -0.390 e. The van der Waals surface area contributed by atoms with Crippen LogP contribution in [0.5, 0.6) is 0 Å². The van der Waals surface area contributed by atoms with Crippen LogP contribution < -0.4 is 0 Å². The molecule has 9 heavy (non-hydrogen) atoms. The van der Waals surface area contributed by atoms with Crippen LogP contribution in [0, 0.1) is 10.1 Å². The van der Waals surface area contributed by atoms with Crippen LogP contribution in [0.1, 0.15) is 0 Å². The largest absolute Gasteiger partial charge is 0.467 e. The van der Waals surface area contributed by atoms with Gasteiger partial charge in [0.25, 0.3) is 0 Å². The van der Waals surface area contributed by atoms with E-state index in [-0.39, 0.29) is 4.79 Å². The molecule has 0 aliphatic heterocycles. The number of nitro groups is 1. The summed E-state index contributed by atoms with van der Waals surface area (Å²) in [7, 11) is 0. The highest BCUT2D eigenvalue weighted by Crippen LogP contribution is 2.05. The van der Waals surface area contributed by atoms with Crippen molar-refractivity contribution in [1.82, 2.24) is 9.77 Å². The van der Waals surface area contributed by atoms with Gasteiger partial charge in [0.05, 0.1) is 0 Å². The van der Waals surface area contributed by atoms with Crippen LogP contribution in [0.2, 0.25) is 0 Å². The Morgan fingerprint density at radius 2 is 2.56 bits per heavy atom. The Morgan fingerprint density at radius 1 is 1.89 bits per heavy atom. The molecular formula is C3H2FN3O2. The van der Waals surface area contributed by atoms with Crippen molar-refractivity contribution < 1.29 is 9.40 Å². The van der Waals surface area contributed by atoms with Gasteiger partial charge in [-0.05, 0) is 14.2 Å². The molecule has 0 saturated heterocycles. The Morgan fingerprint density at radius 3 is 2.78 bits per heavy atom. The fourth-order valence-electron chi connectivity index (χ4n) is 0.405. The Kier molecular flexibility index (Phi) is 1.14. The monoisotopic (exact) mass is 131 g/mol. The molecule has 5 nitrogen and oxygen atoms in total. The van der Waals surface area contributed by atoms with E-state index >= 15 is 0 Å². The van der Waals surface area contributed by atoms with Crippen molar-refractivity contribution in [3.63, 3.8) is 0 Å². The quantitative estimate of drug-likeness (QED) is 0.412. The first-order valence-electron chi connectivity index (χ1n) is 2.05. The van der Waals surface area contributed by atoms with E-state index in [1.165, 1.54) is 0 Å². The number of nitrogens with zero attached hydrogens (tertiary/aromatic N) is 3. The zero-order valence-electron chi connectivity index (χ0n) is 4.19. The van der Waals surface area contributed by atoms with Crippen LogP contribution in [0.3, 0.4) is 0 Å². The summed E-state index contributed by atoms with van der Waals surface area (Å²) in [5, 5.41) is 9.77. The van der Waals surface area contributed by atoms with Crippen molar-refractivity contribution in [1.29, 1.82) is 0 Å². The SMILES string of the molecule is O=[N+]([O-])c1nccn1F. The predicted molar refractivity (Wildman–Crippen MR) is 25.4 cm³/mol. The molecule has 0 atom stereocenters. The zero-order valence-corrected chi connectivity index (χ0v) is 4.19. The number of hydrogen-bond acceptors (Lipinski definition) is 3. The second-order valence-corrected chi connectivity index (χ2v) is 1.30. The smallest absolute Gasteiger partial charge is 0.390 e. The maximum atomic E-state index is 12.0. The molecule has 0 bridgehead atoms. The number of rotatable bonds is 1. The minimum atomic E-state index is -0.903. The van der Waals surface area contributed by atoms with Crippen molar-refractivity contribution in [2.75, 3.05) is 0 Å². The maximum absolute atomic E-state index is 12.0.